The van der Waals surface area contributed by atoms with E-state index in [-0.39, 0.29) is 18.4 Å². The van der Waals surface area contributed by atoms with Crippen molar-refractivity contribution in [1.82, 2.24) is 9.88 Å². The topological polar surface area (TPSA) is 98.2 Å². The van der Waals surface area contributed by atoms with Gasteiger partial charge in [0.2, 0.25) is 5.91 Å². The van der Waals surface area contributed by atoms with Crippen LogP contribution in [0, 0.1) is 0 Å². The number of hydrogen-bond donors (Lipinski definition) is 2. The second kappa shape index (κ2) is 11.7. The number of ether oxygens (including phenoxy) is 1. The van der Waals surface area contributed by atoms with E-state index in [9.17, 15) is 14.7 Å². The van der Waals surface area contributed by atoms with Crippen molar-refractivity contribution in [2.75, 3.05) is 39.2 Å². The predicted octanol–water partition coefficient (Wildman–Crippen LogP) is 5.13. The van der Waals surface area contributed by atoms with Gasteiger partial charge in [-0.3, -0.25) is 4.79 Å². The zero-order chi connectivity index (χ0) is 27.2. The van der Waals surface area contributed by atoms with Crippen LogP contribution in [0.3, 0.4) is 0 Å². The van der Waals surface area contributed by atoms with Crippen LogP contribution in [0.25, 0.3) is 10.9 Å². The van der Waals surface area contributed by atoms with E-state index in [4.69, 9.17) is 9.73 Å². The molecule has 3 aromatic carbocycles. The number of aromatic nitrogens is 1. The number of esters is 1. The molecule has 0 atom stereocenters. The second-order valence-corrected chi connectivity index (χ2v) is 9.18. The van der Waals surface area contributed by atoms with Crippen LogP contribution in [-0.2, 0) is 9.53 Å². The number of carbonyl (C=O) groups is 2. The number of rotatable bonds is 9. The smallest absolute Gasteiger partial charge is 0.338 e. The van der Waals surface area contributed by atoms with Gasteiger partial charge in [0.15, 0.2) is 5.88 Å². The lowest BCUT2D eigenvalue weighted by Gasteiger charge is -2.19. The summed E-state index contributed by atoms with van der Waals surface area (Å²) in [4.78, 5) is 36.2. The molecule has 0 aliphatic rings. The number of fused-ring (bicyclic) bond motifs is 1. The lowest BCUT2D eigenvalue weighted by atomic mass is 10.00. The zero-order valence-electron chi connectivity index (χ0n) is 22.1. The Kier molecular flexibility index (Phi) is 8.23. The van der Waals surface area contributed by atoms with Crippen molar-refractivity contribution in [3.05, 3.63) is 89.5 Å². The number of carbonyl (C=O) groups excluding carboxylic acids is 2. The Hall–Kier alpha value is -4.43. The number of anilines is 1. The van der Waals surface area contributed by atoms with E-state index < -0.39 is 5.97 Å². The average molecular weight is 513 g/mol. The zero-order valence-corrected chi connectivity index (χ0v) is 22.1. The molecule has 8 heteroatoms. The number of aromatic hydroxyl groups is 1. The third-order valence-electron chi connectivity index (χ3n) is 6.20. The maximum Gasteiger partial charge on any atom is 0.338 e. The molecule has 0 spiro atoms. The molecule has 8 nitrogen and oxygen atoms in total. The highest BCUT2D eigenvalue weighted by Crippen LogP contribution is 2.32. The molecular formula is C30H32N4O4. The van der Waals surface area contributed by atoms with E-state index in [1.165, 1.54) is 0 Å². The van der Waals surface area contributed by atoms with Crippen LogP contribution in [0.1, 0.15) is 34.8 Å². The van der Waals surface area contributed by atoms with Gasteiger partial charge in [-0.2, -0.15) is 0 Å². The van der Waals surface area contributed by atoms with Crippen LogP contribution in [0.4, 0.5) is 11.4 Å². The maximum atomic E-state index is 12.5. The Labute approximate surface area is 222 Å². The fourth-order valence-electron chi connectivity index (χ4n) is 4.14. The minimum Gasteiger partial charge on any atom is -0.494 e. The number of nitrogens with zero attached hydrogens (tertiary/aromatic N) is 3. The quantitative estimate of drug-likeness (QED) is 0.239. The number of hydrogen-bond acceptors (Lipinski definition) is 6. The fourth-order valence-corrected chi connectivity index (χ4v) is 4.14. The summed E-state index contributed by atoms with van der Waals surface area (Å²) in [5.41, 5.74) is 4.35. The molecule has 0 aliphatic carbocycles. The summed E-state index contributed by atoms with van der Waals surface area (Å²) < 4.78 is 5.11. The van der Waals surface area contributed by atoms with Crippen molar-refractivity contribution >= 4 is 39.9 Å². The standard InChI is InChI=1S/C30H32N4O4/c1-5-38-30(37)21-11-16-24-25(19-21)32-29(36)27(24)28(20-9-7-6-8-10-20)31-22-12-14-23(15-13-22)34(4)26(35)17-18-33(2)3/h6-16,19,32,36H,5,17-18H2,1-4H3. The third-order valence-corrected chi connectivity index (χ3v) is 6.20. The monoisotopic (exact) mass is 512 g/mol. The van der Waals surface area contributed by atoms with Gasteiger partial charge in [0.1, 0.15) is 0 Å². The van der Waals surface area contributed by atoms with Gasteiger partial charge in [0.25, 0.3) is 0 Å². The Balaban J connectivity index is 1.72. The molecule has 1 aromatic heterocycles. The van der Waals surface area contributed by atoms with E-state index in [0.29, 0.717) is 41.0 Å². The van der Waals surface area contributed by atoms with Gasteiger partial charge in [-0.25, -0.2) is 9.79 Å². The first-order valence-electron chi connectivity index (χ1n) is 12.5. The summed E-state index contributed by atoms with van der Waals surface area (Å²) in [6.07, 6.45) is 0.430. The summed E-state index contributed by atoms with van der Waals surface area (Å²) in [5.74, 6) is -0.440. The Morgan fingerprint density at radius 3 is 2.32 bits per heavy atom. The van der Waals surface area contributed by atoms with Crippen molar-refractivity contribution in [2.45, 2.75) is 13.3 Å². The van der Waals surface area contributed by atoms with Crippen molar-refractivity contribution in [3.63, 3.8) is 0 Å². The molecule has 0 radical (unpaired) electrons. The normalized spacial score (nSPS) is 11.7. The highest BCUT2D eigenvalue weighted by atomic mass is 16.5. The summed E-state index contributed by atoms with van der Waals surface area (Å²) in [6, 6.07) is 22.1. The van der Waals surface area contributed by atoms with Gasteiger partial charge >= 0.3 is 5.97 Å². The lowest BCUT2D eigenvalue weighted by molar-refractivity contribution is -0.118. The first kappa shape index (κ1) is 26.6. The summed E-state index contributed by atoms with van der Waals surface area (Å²) in [5, 5.41) is 11.7. The number of aromatic amines is 1. The van der Waals surface area contributed by atoms with Crippen molar-refractivity contribution in [1.29, 1.82) is 0 Å². The molecule has 0 saturated carbocycles. The van der Waals surface area contributed by atoms with Gasteiger partial charge in [0, 0.05) is 42.2 Å². The lowest BCUT2D eigenvalue weighted by Crippen LogP contribution is -2.29. The molecule has 0 unspecified atom stereocenters. The van der Waals surface area contributed by atoms with Crippen molar-refractivity contribution in [3.8, 4) is 5.88 Å². The average Bonchev–Trinajstić information content (AvgIpc) is 3.25. The van der Waals surface area contributed by atoms with Crippen molar-refractivity contribution in [2.24, 2.45) is 4.99 Å². The van der Waals surface area contributed by atoms with Crippen LogP contribution < -0.4 is 4.90 Å². The molecule has 4 rings (SSSR count). The van der Waals surface area contributed by atoms with E-state index in [0.717, 1.165) is 16.6 Å². The Morgan fingerprint density at radius 1 is 0.947 bits per heavy atom. The maximum absolute atomic E-state index is 12.5. The number of H-pyrrole nitrogens is 1. The highest BCUT2D eigenvalue weighted by molar-refractivity contribution is 6.22. The van der Waals surface area contributed by atoms with Crippen LogP contribution in [0.15, 0.2) is 77.8 Å². The SMILES string of the molecule is CCOC(=O)c1ccc2c(C(=Nc3ccc(N(C)C(=O)CCN(C)C)cc3)c3ccccc3)c(O)[nH]c2c1. The van der Waals surface area contributed by atoms with Gasteiger partial charge in [0.05, 0.1) is 29.1 Å². The van der Waals surface area contributed by atoms with Crippen LogP contribution in [-0.4, -0.2) is 66.9 Å². The number of nitrogens with one attached hydrogen (secondary N) is 1. The molecule has 4 aromatic rings. The fraction of sp³-hybridized carbons (Fsp3) is 0.233. The first-order valence-corrected chi connectivity index (χ1v) is 12.5. The van der Waals surface area contributed by atoms with E-state index >= 15 is 0 Å². The van der Waals surface area contributed by atoms with Gasteiger partial charge in [-0.05, 0) is 57.4 Å². The van der Waals surface area contributed by atoms with Gasteiger partial charge in [-0.1, -0.05) is 36.4 Å². The van der Waals surface area contributed by atoms with Crippen LogP contribution >= 0.6 is 0 Å². The molecule has 2 N–H and O–H groups in total. The minimum atomic E-state index is -0.424. The van der Waals surface area contributed by atoms with Gasteiger partial charge < -0.3 is 24.6 Å². The van der Waals surface area contributed by atoms with E-state index in [1.807, 2.05) is 73.6 Å². The van der Waals surface area contributed by atoms with Gasteiger partial charge in [-0.15, -0.1) is 0 Å². The summed E-state index contributed by atoms with van der Waals surface area (Å²) >= 11 is 0. The highest BCUT2D eigenvalue weighted by Gasteiger charge is 2.20. The molecule has 196 valence electrons. The number of amides is 1. The molecule has 1 amide bonds. The molecule has 1 heterocycles. The number of benzene rings is 3. The largest absolute Gasteiger partial charge is 0.494 e. The van der Waals surface area contributed by atoms with E-state index in [1.54, 1.807) is 37.1 Å². The molecular weight excluding hydrogens is 480 g/mol. The second-order valence-electron chi connectivity index (χ2n) is 9.18. The number of aliphatic imine (C=N–C) groups is 1. The van der Waals surface area contributed by atoms with Crippen molar-refractivity contribution < 1.29 is 19.4 Å². The molecule has 0 saturated heterocycles. The van der Waals surface area contributed by atoms with E-state index in [2.05, 4.69) is 4.98 Å². The third kappa shape index (κ3) is 5.92. The van der Waals surface area contributed by atoms with Crippen LogP contribution in [0.5, 0.6) is 5.88 Å². The Morgan fingerprint density at radius 2 is 1.66 bits per heavy atom. The summed E-state index contributed by atoms with van der Waals surface area (Å²) in [6.45, 7) is 2.72. The summed E-state index contributed by atoms with van der Waals surface area (Å²) in [7, 11) is 5.64. The Bertz CT molecular complexity index is 1460. The predicted molar refractivity (Wildman–Crippen MR) is 151 cm³/mol. The molecule has 0 aliphatic heterocycles. The molecule has 0 fully saturated rings. The molecule has 0 bridgehead atoms. The first-order chi connectivity index (χ1) is 18.3. The van der Waals surface area contributed by atoms with Crippen LogP contribution in [0.2, 0.25) is 0 Å². The minimum absolute atomic E-state index is 0.0332. The molecule has 38 heavy (non-hydrogen) atoms.